The van der Waals surface area contributed by atoms with E-state index in [4.69, 9.17) is 4.74 Å². The minimum Gasteiger partial charge on any atom is -0.504 e. The number of pyridine rings is 1. The maximum absolute atomic E-state index is 12.8. The Bertz CT molecular complexity index is 1340. The molecule has 6 heteroatoms. The first-order chi connectivity index (χ1) is 16.0. The van der Waals surface area contributed by atoms with Gasteiger partial charge in [0, 0.05) is 12.0 Å². The number of benzene rings is 3. The number of ether oxygens (including phenoxy) is 1. The molecule has 0 aliphatic rings. The molecule has 1 N–H and O–H groups in total. The molecular weight excluding hydrogens is 482 g/mol. The Kier molecular flexibility index (Phi) is 6.84. The Hall–Kier alpha value is -3.51. The number of aromatic hydroxyl groups is 1. The van der Waals surface area contributed by atoms with E-state index >= 15 is 0 Å². The molecule has 0 saturated carbocycles. The van der Waals surface area contributed by atoms with E-state index in [1.54, 1.807) is 13.0 Å². The van der Waals surface area contributed by atoms with Crippen LogP contribution in [0.3, 0.4) is 0 Å². The predicted octanol–water partition coefficient (Wildman–Crippen LogP) is 6.56. The summed E-state index contributed by atoms with van der Waals surface area (Å²) < 4.78 is 5.25. The van der Waals surface area contributed by atoms with E-state index in [-0.39, 0.29) is 30.9 Å². The van der Waals surface area contributed by atoms with Crippen LogP contribution in [0, 0.1) is 0 Å². The molecule has 0 aliphatic heterocycles. The molecule has 0 saturated heterocycles. The highest BCUT2D eigenvalue weighted by Gasteiger charge is 2.20. The molecule has 1 heterocycles. The average molecular weight is 504 g/mol. The van der Waals surface area contributed by atoms with Crippen LogP contribution < -0.4 is 0 Å². The van der Waals surface area contributed by atoms with Gasteiger partial charge in [0.15, 0.2) is 11.5 Å². The van der Waals surface area contributed by atoms with Crippen LogP contribution in [0.1, 0.15) is 30.3 Å². The fourth-order valence-corrected chi connectivity index (χ4v) is 4.20. The van der Waals surface area contributed by atoms with E-state index in [0.717, 1.165) is 27.5 Å². The quantitative estimate of drug-likeness (QED) is 0.228. The van der Waals surface area contributed by atoms with Crippen molar-refractivity contribution in [2.24, 2.45) is 0 Å². The van der Waals surface area contributed by atoms with Crippen LogP contribution in [0.25, 0.3) is 33.2 Å². The van der Waals surface area contributed by atoms with Gasteiger partial charge in [-0.25, -0.2) is 4.98 Å². The van der Waals surface area contributed by atoms with Crippen molar-refractivity contribution in [3.05, 3.63) is 83.0 Å². The Labute approximate surface area is 200 Å². The van der Waals surface area contributed by atoms with E-state index in [1.807, 2.05) is 48.5 Å². The zero-order chi connectivity index (χ0) is 23.4. The molecule has 33 heavy (non-hydrogen) atoms. The molecule has 166 valence electrons. The summed E-state index contributed by atoms with van der Waals surface area (Å²) in [4.78, 5) is 28.9. The van der Waals surface area contributed by atoms with Gasteiger partial charge in [-0.3, -0.25) is 9.59 Å². The fourth-order valence-electron chi connectivity index (χ4n) is 3.80. The van der Waals surface area contributed by atoms with Gasteiger partial charge in [-0.15, -0.1) is 0 Å². The average Bonchev–Trinajstić information content (AvgIpc) is 2.84. The third-order valence-electron chi connectivity index (χ3n) is 5.36. The highest BCUT2D eigenvalue weighted by atomic mass is 79.9. The van der Waals surface area contributed by atoms with Crippen molar-refractivity contribution in [2.45, 2.75) is 19.8 Å². The molecule has 0 bridgehead atoms. The van der Waals surface area contributed by atoms with Crippen molar-refractivity contribution in [3.63, 3.8) is 0 Å². The first kappa shape index (κ1) is 22.7. The number of carbonyl (C=O) groups is 2. The number of hydrogen-bond donors (Lipinski definition) is 1. The number of fused-ring (bicyclic) bond motifs is 1. The minimum absolute atomic E-state index is 0.0651. The van der Waals surface area contributed by atoms with Gasteiger partial charge in [0.25, 0.3) is 0 Å². The molecular formula is C27H22BrNO4. The summed E-state index contributed by atoms with van der Waals surface area (Å²) in [6, 6.07) is 23.9. The fraction of sp³-hybridized carbons (Fsp3) is 0.148. The van der Waals surface area contributed by atoms with Crippen LogP contribution >= 0.6 is 15.9 Å². The largest absolute Gasteiger partial charge is 0.504 e. The van der Waals surface area contributed by atoms with E-state index in [9.17, 15) is 14.7 Å². The van der Waals surface area contributed by atoms with Gasteiger partial charge in [-0.2, -0.15) is 0 Å². The van der Waals surface area contributed by atoms with Crippen molar-refractivity contribution < 1.29 is 19.4 Å². The van der Waals surface area contributed by atoms with Gasteiger partial charge >= 0.3 is 5.97 Å². The molecule has 3 aromatic carbocycles. The van der Waals surface area contributed by atoms with Crippen LogP contribution in [-0.4, -0.2) is 28.4 Å². The molecule has 4 aromatic rings. The Morgan fingerprint density at radius 3 is 2.24 bits per heavy atom. The van der Waals surface area contributed by atoms with E-state index in [1.165, 1.54) is 0 Å². The van der Waals surface area contributed by atoms with Crippen LogP contribution in [0.5, 0.6) is 5.75 Å². The second-order valence-electron chi connectivity index (χ2n) is 7.49. The van der Waals surface area contributed by atoms with E-state index in [2.05, 4.69) is 39.1 Å². The summed E-state index contributed by atoms with van der Waals surface area (Å²) >= 11 is 3.35. The lowest BCUT2D eigenvalue weighted by atomic mass is 9.93. The van der Waals surface area contributed by atoms with Crippen LogP contribution in [-0.2, 0) is 9.53 Å². The second kappa shape index (κ2) is 9.96. The molecule has 0 radical (unpaired) electrons. The predicted molar refractivity (Wildman–Crippen MR) is 132 cm³/mol. The Morgan fingerprint density at radius 1 is 0.909 bits per heavy atom. The second-order valence-corrected chi connectivity index (χ2v) is 8.34. The number of ketones is 1. The van der Waals surface area contributed by atoms with Gasteiger partial charge in [0.1, 0.15) is 5.69 Å². The lowest BCUT2D eigenvalue weighted by Crippen LogP contribution is -2.10. The number of aromatic nitrogens is 1. The SMILES string of the molecule is CCOC(=O)CCC(=O)c1nc(-c2ccc(-c3ccccc3)c3ccccc23)cc(Br)c1O. The number of halogens is 1. The highest BCUT2D eigenvalue weighted by molar-refractivity contribution is 9.10. The van der Waals surface area contributed by atoms with Gasteiger partial charge in [0.2, 0.25) is 0 Å². The summed E-state index contributed by atoms with van der Waals surface area (Å²) in [5.74, 6) is -1.12. The Balaban J connectivity index is 1.78. The highest BCUT2D eigenvalue weighted by Crippen LogP contribution is 2.38. The smallest absolute Gasteiger partial charge is 0.306 e. The zero-order valence-electron chi connectivity index (χ0n) is 18.0. The topological polar surface area (TPSA) is 76.5 Å². The first-order valence-corrected chi connectivity index (χ1v) is 11.4. The van der Waals surface area contributed by atoms with Crippen molar-refractivity contribution in [1.29, 1.82) is 0 Å². The molecule has 0 unspecified atom stereocenters. The van der Waals surface area contributed by atoms with Crippen molar-refractivity contribution >= 4 is 38.5 Å². The van der Waals surface area contributed by atoms with E-state index < -0.39 is 11.8 Å². The van der Waals surface area contributed by atoms with E-state index in [0.29, 0.717) is 10.2 Å². The number of Topliss-reactive ketones (excluding diaryl/α,β-unsaturated/α-hetero) is 1. The molecule has 5 nitrogen and oxygen atoms in total. The number of carbonyl (C=O) groups excluding carboxylic acids is 2. The number of esters is 1. The molecule has 0 amide bonds. The summed E-state index contributed by atoms with van der Waals surface area (Å²) in [6.45, 7) is 1.96. The number of nitrogens with zero attached hydrogens (tertiary/aromatic N) is 1. The molecule has 0 aliphatic carbocycles. The summed E-state index contributed by atoms with van der Waals surface area (Å²) in [5, 5.41) is 12.5. The lowest BCUT2D eigenvalue weighted by Gasteiger charge is -2.13. The van der Waals surface area contributed by atoms with Crippen molar-refractivity contribution in [1.82, 2.24) is 4.98 Å². The van der Waals surface area contributed by atoms with Gasteiger partial charge in [-0.05, 0) is 50.8 Å². The summed E-state index contributed by atoms with van der Waals surface area (Å²) in [7, 11) is 0. The number of rotatable bonds is 7. The maximum Gasteiger partial charge on any atom is 0.306 e. The minimum atomic E-state index is -0.456. The van der Waals surface area contributed by atoms with Crippen LogP contribution in [0.4, 0.5) is 0 Å². The third-order valence-corrected chi connectivity index (χ3v) is 5.96. The standard InChI is InChI=1S/C27H22BrNO4/c1-2-33-25(31)15-14-24(30)26-27(32)22(28)16-23(29-26)21-13-12-18(17-8-4-3-5-9-17)19-10-6-7-11-20(19)21/h3-13,16,32H,2,14-15H2,1H3. The normalized spacial score (nSPS) is 10.8. The molecule has 0 spiro atoms. The molecule has 0 fully saturated rings. The monoisotopic (exact) mass is 503 g/mol. The Morgan fingerprint density at radius 2 is 1.55 bits per heavy atom. The summed E-state index contributed by atoms with van der Waals surface area (Å²) in [5.41, 5.74) is 3.52. The maximum atomic E-state index is 12.8. The molecule has 1 aromatic heterocycles. The van der Waals surface area contributed by atoms with Crippen molar-refractivity contribution in [3.8, 4) is 28.1 Å². The zero-order valence-corrected chi connectivity index (χ0v) is 19.6. The number of hydrogen-bond acceptors (Lipinski definition) is 5. The lowest BCUT2D eigenvalue weighted by molar-refractivity contribution is -0.143. The van der Waals surface area contributed by atoms with Gasteiger partial charge < -0.3 is 9.84 Å². The van der Waals surface area contributed by atoms with Gasteiger partial charge in [-0.1, -0.05) is 66.7 Å². The molecule has 0 atom stereocenters. The third kappa shape index (κ3) is 4.81. The first-order valence-electron chi connectivity index (χ1n) is 10.7. The summed E-state index contributed by atoms with van der Waals surface area (Å²) in [6.07, 6.45) is -0.159. The van der Waals surface area contributed by atoms with Crippen LogP contribution in [0.2, 0.25) is 0 Å². The van der Waals surface area contributed by atoms with Crippen molar-refractivity contribution in [2.75, 3.05) is 6.61 Å². The van der Waals surface area contributed by atoms with Gasteiger partial charge in [0.05, 0.1) is 23.2 Å². The van der Waals surface area contributed by atoms with Crippen LogP contribution in [0.15, 0.2) is 77.3 Å². The molecule has 4 rings (SSSR count).